The third-order valence-corrected chi connectivity index (χ3v) is 5.33. The average Bonchev–Trinajstić information content (AvgIpc) is 2.96. The van der Waals surface area contributed by atoms with Gasteiger partial charge in [-0.3, -0.25) is 4.79 Å². The van der Waals surface area contributed by atoms with Gasteiger partial charge in [-0.15, -0.1) is 0 Å². The molecule has 5 heteroatoms. The number of carbonyl (C=O) groups excluding carboxylic acids is 1. The maximum absolute atomic E-state index is 14.5. The fourth-order valence-electron chi connectivity index (χ4n) is 4.03. The second-order valence-corrected chi connectivity index (χ2v) is 6.83. The Balaban J connectivity index is 1.74. The van der Waals surface area contributed by atoms with Gasteiger partial charge in [-0.1, -0.05) is 30.3 Å². The van der Waals surface area contributed by atoms with Gasteiger partial charge in [0, 0.05) is 12.6 Å². The molecule has 1 fully saturated rings. The second kappa shape index (κ2) is 6.15. The molecule has 2 aromatic rings. The van der Waals surface area contributed by atoms with Gasteiger partial charge in [-0.2, -0.15) is 0 Å². The minimum Gasteiger partial charge on any atom is -0.489 e. The van der Waals surface area contributed by atoms with E-state index in [-0.39, 0.29) is 23.4 Å². The smallest absolute Gasteiger partial charge is 0.257 e. The predicted octanol–water partition coefficient (Wildman–Crippen LogP) is 3.10. The lowest BCUT2D eigenvalue weighted by Gasteiger charge is -2.27. The van der Waals surface area contributed by atoms with Crippen LogP contribution in [0.15, 0.2) is 42.5 Å². The molecule has 0 saturated heterocycles. The van der Waals surface area contributed by atoms with E-state index in [1.54, 1.807) is 13.1 Å². The van der Waals surface area contributed by atoms with Crippen molar-refractivity contribution in [1.29, 1.82) is 0 Å². The van der Waals surface area contributed by atoms with E-state index in [2.05, 4.69) is 0 Å². The number of aliphatic hydroxyl groups excluding tert-OH is 1. The molecule has 1 N–H and O–H groups in total. The third kappa shape index (κ3) is 2.68. The van der Waals surface area contributed by atoms with Crippen LogP contribution in [0.3, 0.4) is 0 Å². The number of benzene rings is 2. The summed E-state index contributed by atoms with van der Waals surface area (Å²) in [6.07, 6.45) is 0.555. The van der Waals surface area contributed by atoms with Crippen LogP contribution in [0.25, 0.3) is 0 Å². The van der Waals surface area contributed by atoms with Crippen LogP contribution < -0.4 is 4.74 Å². The van der Waals surface area contributed by atoms with Crippen molar-refractivity contribution in [2.75, 3.05) is 7.05 Å². The van der Waals surface area contributed by atoms with Crippen molar-refractivity contribution in [3.8, 4) is 5.75 Å². The molecule has 3 unspecified atom stereocenters. The number of fused-ring (bicyclic) bond motifs is 4. The summed E-state index contributed by atoms with van der Waals surface area (Å²) in [4.78, 5) is 14.2. The molecule has 1 aliphatic carbocycles. The van der Waals surface area contributed by atoms with Crippen molar-refractivity contribution in [3.05, 3.63) is 65.0 Å². The topological polar surface area (TPSA) is 49.8 Å². The molecule has 1 saturated carbocycles. The van der Waals surface area contributed by atoms with Crippen LogP contribution >= 0.6 is 0 Å². The van der Waals surface area contributed by atoms with Crippen LogP contribution in [0.2, 0.25) is 0 Å². The third-order valence-electron chi connectivity index (χ3n) is 5.33. The molecule has 130 valence electrons. The Morgan fingerprint density at radius 1 is 1.20 bits per heavy atom. The number of ether oxygens (including phenoxy) is 1. The van der Waals surface area contributed by atoms with Crippen LogP contribution in [0.5, 0.6) is 5.75 Å². The summed E-state index contributed by atoms with van der Waals surface area (Å²) in [7, 11) is 1.63. The van der Waals surface area contributed by atoms with E-state index in [1.165, 1.54) is 11.0 Å². The molecule has 1 aliphatic heterocycles. The average molecular weight is 341 g/mol. The Hall–Kier alpha value is -2.40. The standard InChI is InChI=1S/C20H20FNO3/c1-22-15-9-13(10-16(15)23)18-17(8-7-14(21)19(18)20(22)24)25-11-12-5-3-2-4-6-12/h2-8,13,15-16,23H,9-11H2,1H3. The summed E-state index contributed by atoms with van der Waals surface area (Å²) in [6.45, 7) is 0.349. The van der Waals surface area contributed by atoms with E-state index < -0.39 is 11.9 Å². The lowest BCUT2D eigenvalue weighted by Crippen LogP contribution is -2.41. The van der Waals surface area contributed by atoms with Gasteiger partial charge in [-0.25, -0.2) is 4.39 Å². The second-order valence-electron chi connectivity index (χ2n) is 6.83. The summed E-state index contributed by atoms with van der Waals surface area (Å²) in [5.41, 5.74) is 1.70. The highest BCUT2D eigenvalue weighted by atomic mass is 19.1. The van der Waals surface area contributed by atoms with Gasteiger partial charge in [0.1, 0.15) is 18.2 Å². The van der Waals surface area contributed by atoms with Gasteiger partial charge in [0.2, 0.25) is 0 Å². The number of halogens is 1. The zero-order valence-corrected chi connectivity index (χ0v) is 14.0. The van der Waals surface area contributed by atoms with Crippen molar-refractivity contribution >= 4 is 5.91 Å². The highest BCUT2D eigenvalue weighted by molar-refractivity contribution is 5.97. The van der Waals surface area contributed by atoms with Crippen LogP contribution in [0, 0.1) is 5.82 Å². The summed E-state index contributed by atoms with van der Waals surface area (Å²) in [6, 6.07) is 12.3. The molecule has 0 radical (unpaired) electrons. The zero-order valence-electron chi connectivity index (χ0n) is 14.0. The fourth-order valence-corrected chi connectivity index (χ4v) is 4.03. The van der Waals surface area contributed by atoms with E-state index >= 15 is 0 Å². The number of likely N-dealkylation sites (N-methyl/N-ethyl adjacent to an activating group) is 1. The van der Waals surface area contributed by atoms with Gasteiger partial charge >= 0.3 is 0 Å². The first-order chi connectivity index (χ1) is 12.1. The molecule has 1 amide bonds. The van der Waals surface area contributed by atoms with Crippen LogP contribution in [0.4, 0.5) is 4.39 Å². The molecule has 0 aromatic heterocycles. The molecule has 2 aliphatic rings. The Bertz CT molecular complexity index is 808. The van der Waals surface area contributed by atoms with E-state index in [0.717, 1.165) is 5.56 Å². The molecule has 1 heterocycles. The van der Waals surface area contributed by atoms with E-state index in [9.17, 15) is 14.3 Å². The first kappa shape index (κ1) is 16.1. The molecule has 4 nitrogen and oxygen atoms in total. The highest BCUT2D eigenvalue weighted by Crippen LogP contribution is 2.46. The molecule has 2 aromatic carbocycles. The normalized spacial score (nSPS) is 24.8. The SMILES string of the molecule is CN1C(=O)c2c(F)ccc(OCc3ccccc3)c2C2CC(O)C1C2. The maximum atomic E-state index is 14.5. The highest BCUT2D eigenvalue weighted by Gasteiger charge is 2.45. The number of rotatable bonds is 3. The molecule has 2 bridgehead atoms. The monoisotopic (exact) mass is 341 g/mol. The van der Waals surface area contributed by atoms with Crippen molar-refractivity contribution in [3.63, 3.8) is 0 Å². The first-order valence-corrected chi connectivity index (χ1v) is 8.50. The summed E-state index contributed by atoms with van der Waals surface area (Å²) < 4.78 is 20.4. The van der Waals surface area contributed by atoms with Gasteiger partial charge < -0.3 is 14.7 Å². The van der Waals surface area contributed by atoms with Crippen molar-refractivity contribution < 1.29 is 19.0 Å². The Kier molecular flexibility index (Phi) is 3.96. The lowest BCUT2D eigenvalue weighted by molar-refractivity contribution is 0.0531. The first-order valence-electron chi connectivity index (χ1n) is 8.50. The number of hydrogen-bond donors (Lipinski definition) is 1. The van der Waals surface area contributed by atoms with E-state index in [4.69, 9.17) is 4.74 Å². The predicted molar refractivity (Wildman–Crippen MR) is 91.0 cm³/mol. The van der Waals surface area contributed by atoms with Crippen LogP contribution in [-0.2, 0) is 6.61 Å². The number of aliphatic hydroxyl groups is 1. The van der Waals surface area contributed by atoms with Crippen molar-refractivity contribution in [2.24, 2.45) is 0 Å². The number of nitrogens with zero attached hydrogens (tertiary/aromatic N) is 1. The molecule has 3 atom stereocenters. The number of amides is 1. The fraction of sp³-hybridized carbons (Fsp3) is 0.350. The summed E-state index contributed by atoms with van der Waals surface area (Å²) >= 11 is 0. The van der Waals surface area contributed by atoms with Gasteiger partial charge in [-0.05, 0) is 36.5 Å². The zero-order chi connectivity index (χ0) is 17.6. The molecule has 4 rings (SSSR count). The minimum atomic E-state index is -0.586. The molecule has 0 spiro atoms. The Labute approximate surface area is 145 Å². The maximum Gasteiger partial charge on any atom is 0.257 e. The Morgan fingerprint density at radius 2 is 1.96 bits per heavy atom. The quantitative estimate of drug-likeness (QED) is 0.933. The molecular weight excluding hydrogens is 321 g/mol. The molecule has 25 heavy (non-hydrogen) atoms. The van der Waals surface area contributed by atoms with Crippen LogP contribution in [-0.4, -0.2) is 35.1 Å². The minimum absolute atomic E-state index is 0.0784. The summed E-state index contributed by atoms with van der Waals surface area (Å²) in [5.74, 6) is -0.461. The van der Waals surface area contributed by atoms with E-state index in [0.29, 0.717) is 30.8 Å². The lowest BCUT2D eigenvalue weighted by atomic mass is 9.91. The van der Waals surface area contributed by atoms with Crippen LogP contribution in [0.1, 0.15) is 40.2 Å². The van der Waals surface area contributed by atoms with E-state index in [1.807, 2.05) is 30.3 Å². The van der Waals surface area contributed by atoms with Gasteiger partial charge in [0.05, 0.1) is 17.7 Å². The van der Waals surface area contributed by atoms with Gasteiger partial charge in [0.25, 0.3) is 5.91 Å². The number of hydrogen-bond acceptors (Lipinski definition) is 3. The Morgan fingerprint density at radius 3 is 2.72 bits per heavy atom. The van der Waals surface area contributed by atoms with Crippen molar-refractivity contribution in [1.82, 2.24) is 4.90 Å². The van der Waals surface area contributed by atoms with Gasteiger partial charge in [0.15, 0.2) is 0 Å². The van der Waals surface area contributed by atoms with Crippen molar-refractivity contribution in [2.45, 2.75) is 37.5 Å². The largest absolute Gasteiger partial charge is 0.489 e. The summed E-state index contributed by atoms with van der Waals surface area (Å²) in [5, 5.41) is 10.3. The number of carbonyl (C=O) groups is 1. The molecular formula is C20H20FNO3.